The van der Waals surface area contributed by atoms with E-state index in [2.05, 4.69) is 0 Å². The Morgan fingerprint density at radius 1 is 0.933 bits per heavy atom. The van der Waals surface area contributed by atoms with Crippen LogP contribution in [0.2, 0.25) is 5.02 Å². The normalized spacial score (nSPS) is 13.6. The summed E-state index contributed by atoms with van der Waals surface area (Å²) in [4.78, 5) is 21.4. The average molecular weight is 457 g/mol. The fraction of sp³-hybridized carbons (Fsp3) is 0.368. The minimum Gasteiger partial charge on any atom is -0.308 e. The van der Waals surface area contributed by atoms with Gasteiger partial charge in [-0.25, -0.2) is 0 Å². The van der Waals surface area contributed by atoms with Crippen LogP contribution in [0.25, 0.3) is 0 Å². The van der Waals surface area contributed by atoms with Crippen molar-refractivity contribution >= 4 is 24.9 Å². The third kappa shape index (κ3) is 5.86. The van der Waals surface area contributed by atoms with Crippen LogP contribution in [0.1, 0.15) is 36.6 Å². The molecular formula is C19H22ClN2O7P. The third-order valence-electron chi connectivity index (χ3n) is 4.43. The molecule has 0 aliphatic rings. The van der Waals surface area contributed by atoms with Crippen molar-refractivity contribution in [3.05, 3.63) is 84.9 Å². The molecule has 0 aromatic heterocycles. The lowest BCUT2D eigenvalue weighted by molar-refractivity contribution is -0.483. The van der Waals surface area contributed by atoms with Crippen molar-refractivity contribution in [2.24, 2.45) is 0 Å². The van der Waals surface area contributed by atoms with Gasteiger partial charge >= 0.3 is 7.60 Å². The molecule has 2 atom stereocenters. The maximum absolute atomic E-state index is 13.8. The number of rotatable bonds is 11. The second-order valence-corrected chi connectivity index (χ2v) is 8.93. The number of non-ortho nitro benzene ring substituents is 1. The molecular weight excluding hydrogens is 435 g/mol. The van der Waals surface area contributed by atoms with Gasteiger partial charge in [0, 0.05) is 22.1 Å². The molecule has 2 aromatic carbocycles. The van der Waals surface area contributed by atoms with Gasteiger partial charge in [-0.1, -0.05) is 35.9 Å². The monoisotopic (exact) mass is 456 g/mol. The Labute approximate surface area is 178 Å². The quantitative estimate of drug-likeness (QED) is 0.244. The smallest absolute Gasteiger partial charge is 0.308 e. The van der Waals surface area contributed by atoms with Crippen molar-refractivity contribution in [3.8, 4) is 0 Å². The molecule has 0 radical (unpaired) electrons. The highest BCUT2D eigenvalue weighted by molar-refractivity contribution is 7.54. The Hall–Kier alpha value is -2.32. The van der Waals surface area contributed by atoms with Crippen LogP contribution >= 0.6 is 19.2 Å². The summed E-state index contributed by atoms with van der Waals surface area (Å²) in [6.07, 6.45) is 0. The van der Waals surface area contributed by atoms with E-state index in [0.717, 1.165) is 0 Å². The van der Waals surface area contributed by atoms with Gasteiger partial charge in [0.15, 0.2) is 0 Å². The Bertz CT molecular complexity index is 911. The topological polar surface area (TPSA) is 122 Å². The molecule has 2 rings (SSSR count). The number of hydrogen-bond donors (Lipinski definition) is 0. The van der Waals surface area contributed by atoms with E-state index in [9.17, 15) is 24.8 Å². The summed E-state index contributed by atoms with van der Waals surface area (Å²) < 4.78 is 24.8. The predicted octanol–water partition coefficient (Wildman–Crippen LogP) is 5.62. The summed E-state index contributed by atoms with van der Waals surface area (Å²) in [6, 6.07) is 11.8. The zero-order chi connectivity index (χ0) is 22.3. The lowest BCUT2D eigenvalue weighted by Crippen LogP contribution is -2.22. The Balaban J connectivity index is 2.68. The molecule has 0 aliphatic carbocycles. The minimum absolute atomic E-state index is 0.0621. The maximum atomic E-state index is 13.8. The lowest BCUT2D eigenvalue weighted by Gasteiger charge is -2.31. The van der Waals surface area contributed by atoms with E-state index in [-0.39, 0.29) is 18.9 Å². The first kappa shape index (κ1) is 24.0. The summed E-state index contributed by atoms with van der Waals surface area (Å²) in [6.45, 7) is 2.86. The van der Waals surface area contributed by atoms with E-state index in [1.807, 2.05) is 0 Å². The Kier molecular flexibility index (Phi) is 8.49. The number of benzene rings is 2. The summed E-state index contributed by atoms with van der Waals surface area (Å²) in [5, 5.41) is 23.0. The van der Waals surface area contributed by atoms with Crippen molar-refractivity contribution in [2.45, 2.75) is 25.4 Å². The van der Waals surface area contributed by atoms with Crippen molar-refractivity contribution < 1.29 is 23.5 Å². The van der Waals surface area contributed by atoms with Crippen LogP contribution in [0, 0.1) is 20.2 Å². The molecule has 0 saturated carbocycles. The molecule has 162 valence electrons. The first-order valence-electron chi connectivity index (χ1n) is 9.22. The zero-order valence-electron chi connectivity index (χ0n) is 16.5. The third-order valence-corrected chi connectivity index (χ3v) is 7.26. The standard InChI is InChI=1S/C19H22ClN2O7P/c1-3-28-30(27,29-4-2)19(15-7-11-17(12-8-15)22(25)26)18(13-21(23)24)14-5-9-16(20)10-6-14/h5-12,18-19H,3-4,13H2,1-2H3/t18-,19-/m0/s1. The van der Waals surface area contributed by atoms with Gasteiger partial charge in [-0.05, 0) is 37.1 Å². The van der Waals surface area contributed by atoms with Crippen LogP contribution in [-0.4, -0.2) is 29.6 Å². The fourth-order valence-electron chi connectivity index (χ4n) is 3.24. The van der Waals surface area contributed by atoms with E-state index >= 15 is 0 Å². The molecule has 0 N–H and O–H groups in total. The van der Waals surface area contributed by atoms with Gasteiger partial charge in [0.05, 0.1) is 29.7 Å². The predicted molar refractivity (Wildman–Crippen MR) is 113 cm³/mol. The Morgan fingerprint density at radius 3 is 1.87 bits per heavy atom. The lowest BCUT2D eigenvalue weighted by atomic mass is 9.91. The summed E-state index contributed by atoms with van der Waals surface area (Å²) in [7, 11) is -3.89. The minimum atomic E-state index is -3.89. The average Bonchev–Trinajstić information content (AvgIpc) is 2.68. The maximum Gasteiger partial charge on any atom is 0.338 e. The number of hydrogen-bond acceptors (Lipinski definition) is 7. The van der Waals surface area contributed by atoms with Crippen molar-refractivity contribution in [1.82, 2.24) is 0 Å². The van der Waals surface area contributed by atoms with Crippen LogP contribution in [-0.2, 0) is 13.6 Å². The first-order valence-corrected chi connectivity index (χ1v) is 11.2. The van der Waals surface area contributed by atoms with Crippen LogP contribution in [0.15, 0.2) is 48.5 Å². The van der Waals surface area contributed by atoms with E-state index in [1.54, 1.807) is 38.1 Å². The molecule has 30 heavy (non-hydrogen) atoms. The van der Waals surface area contributed by atoms with Crippen LogP contribution < -0.4 is 0 Å². The molecule has 0 unspecified atom stereocenters. The van der Waals surface area contributed by atoms with Crippen molar-refractivity contribution in [3.63, 3.8) is 0 Å². The van der Waals surface area contributed by atoms with Crippen LogP contribution in [0.3, 0.4) is 0 Å². The summed E-state index contributed by atoms with van der Waals surface area (Å²) >= 11 is 5.95. The second kappa shape index (κ2) is 10.6. The molecule has 0 heterocycles. The van der Waals surface area contributed by atoms with E-state index in [4.69, 9.17) is 20.6 Å². The number of halogens is 1. The van der Waals surface area contributed by atoms with Gasteiger partial charge in [0.2, 0.25) is 6.54 Å². The first-order chi connectivity index (χ1) is 14.2. The number of nitro benzene ring substituents is 1. The zero-order valence-corrected chi connectivity index (χ0v) is 18.1. The van der Waals surface area contributed by atoms with Crippen molar-refractivity contribution in [1.29, 1.82) is 0 Å². The molecule has 9 nitrogen and oxygen atoms in total. The Morgan fingerprint density at radius 2 is 1.43 bits per heavy atom. The summed E-state index contributed by atoms with van der Waals surface area (Å²) in [5.74, 6) is -0.886. The van der Waals surface area contributed by atoms with Gasteiger partial charge in [-0.2, -0.15) is 0 Å². The number of nitro groups is 2. The van der Waals surface area contributed by atoms with Crippen LogP contribution in [0.4, 0.5) is 5.69 Å². The highest BCUT2D eigenvalue weighted by Gasteiger charge is 2.45. The van der Waals surface area contributed by atoms with Crippen LogP contribution in [0.5, 0.6) is 0 Å². The molecule has 0 fully saturated rings. The molecule has 0 spiro atoms. The summed E-state index contributed by atoms with van der Waals surface area (Å²) in [5.41, 5.74) is -0.297. The van der Waals surface area contributed by atoms with Gasteiger partial charge in [0.25, 0.3) is 5.69 Å². The molecule has 0 saturated heterocycles. The van der Waals surface area contributed by atoms with Crippen molar-refractivity contribution in [2.75, 3.05) is 19.8 Å². The highest BCUT2D eigenvalue weighted by atomic mass is 35.5. The second-order valence-electron chi connectivity index (χ2n) is 6.34. The SMILES string of the molecule is CCOP(=O)(OCC)[C@@H](c1ccc([N+](=O)[O-])cc1)[C@@H](C[N+](=O)[O-])c1ccc(Cl)cc1. The highest BCUT2D eigenvalue weighted by Crippen LogP contribution is 2.65. The van der Waals surface area contributed by atoms with Gasteiger partial charge in [-0.3, -0.25) is 24.8 Å². The number of nitrogens with zero attached hydrogens (tertiary/aromatic N) is 2. The van der Waals surface area contributed by atoms with Gasteiger partial charge in [-0.15, -0.1) is 0 Å². The van der Waals surface area contributed by atoms with E-state index in [0.29, 0.717) is 16.1 Å². The van der Waals surface area contributed by atoms with Gasteiger partial charge < -0.3 is 9.05 Å². The molecule has 11 heteroatoms. The van der Waals surface area contributed by atoms with Gasteiger partial charge in [0.1, 0.15) is 0 Å². The van der Waals surface area contributed by atoms with E-state index in [1.165, 1.54) is 24.3 Å². The van der Waals surface area contributed by atoms with E-state index < -0.39 is 35.6 Å². The molecule has 0 aliphatic heterocycles. The largest absolute Gasteiger partial charge is 0.338 e. The fourth-order valence-corrected chi connectivity index (χ4v) is 5.73. The molecule has 0 amide bonds. The molecule has 0 bridgehead atoms. The molecule has 2 aromatic rings.